The van der Waals surface area contributed by atoms with E-state index in [9.17, 15) is 4.79 Å². The number of nitrogen functional groups attached to an aromatic ring is 1. The van der Waals surface area contributed by atoms with E-state index < -0.39 is 5.97 Å². The lowest BCUT2D eigenvalue weighted by molar-refractivity contribution is 0.0697. The molecular formula is C15H18N2O3S. The first-order chi connectivity index (χ1) is 9.77. The Morgan fingerprint density at radius 1 is 1.43 bits per heavy atom. The molecule has 6 heteroatoms. The molecule has 1 aromatic heterocycles. The quantitative estimate of drug-likeness (QED) is 0.846. The lowest BCUT2D eigenvalue weighted by Gasteiger charge is -2.14. The van der Waals surface area contributed by atoms with Gasteiger partial charge in [-0.05, 0) is 18.2 Å². The summed E-state index contributed by atoms with van der Waals surface area (Å²) in [5, 5.41) is 11.8. The molecule has 0 amide bonds. The van der Waals surface area contributed by atoms with Crippen LogP contribution in [-0.2, 0) is 12.0 Å². The first-order valence-corrected chi connectivity index (χ1v) is 7.36. The first kappa shape index (κ1) is 15.3. The molecule has 0 spiro atoms. The molecule has 1 heterocycles. The van der Waals surface area contributed by atoms with Gasteiger partial charge in [0.25, 0.3) is 0 Å². The van der Waals surface area contributed by atoms with Crippen LogP contribution in [0.4, 0.5) is 5.69 Å². The number of carboxylic acid groups (broad SMARTS) is 1. The van der Waals surface area contributed by atoms with Gasteiger partial charge in [0.05, 0.1) is 16.9 Å². The van der Waals surface area contributed by atoms with E-state index in [-0.39, 0.29) is 11.0 Å². The number of nitrogens with two attached hydrogens (primary N) is 1. The number of nitrogens with zero attached hydrogens (tertiary/aromatic N) is 1. The molecule has 2 rings (SSSR count). The fraction of sp³-hybridized carbons (Fsp3) is 0.333. The van der Waals surface area contributed by atoms with Crippen molar-refractivity contribution in [2.75, 3.05) is 5.73 Å². The maximum absolute atomic E-state index is 10.8. The minimum atomic E-state index is -1.01. The Morgan fingerprint density at radius 2 is 2.14 bits per heavy atom. The summed E-state index contributed by atoms with van der Waals surface area (Å²) < 4.78 is 5.61. The number of rotatable bonds is 4. The summed E-state index contributed by atoms with van der Waals surface area (Å²) in [5.41, 5.74) is 7.28. The maximum Gasteiger partial charge on any atom is 0.335 e. The molecule has 0 aliphatic carbocycles. The average molecular weight is 306 g/mol. The summed E-state index contributed by atoms with van der Waals surface area (Å²) in [7, 11) is 0. The summed E-state index contributed by atoms with van der Waals surface area (Å²) in [6, 6.07) is 4.42. The van der Waals surface area contributed by atoms with E-state index in [1.807, 2.05) is 5.38 Å². The van der Waals surface area contributed by atoms with Gasteiger partial charge in [-0.2, -0.15) is 0 Å². The molecule has 0 atom stereocenters. The van der Waals surface area contributed by atoms with Crippen molar-refractivity contribution in [3.63, 3.8) is 0 Å². The van der Waals surface area contributed by atoms with Crippen LogP contribution in [0.15, 0.2) is 23.6 Å². The maximum atomic E-state index is 10.8. The SMILES string of the molecule is CC(C)(C)c1csc(COc2ccc(C(=O)O)cc2N)n1. The van der Waals surface area contributed by atoms with Gasteiger partial charge in [0.2, 0.25) is 0 Å². The third-order valence-electron chi connectivity index (χ3n) is 2.93. The van der Waals surface area contributed by atoms with Gasteiger partial charge in [-0.1, -0.05) is 20.8 Å². The second-order valence-electron chi connectivity index (χ2n) is 5.72. The number of ether oxygens (including phenoxy) is 1. The van der Waals surface area contributed by atoms with Crippen molar-refractivity contribution in [1.29, 1.82) is 0 Å². The second-order valence-corrected chi connectivity index (χ2v) is 6.67. The molecular weight excluding hydrogens is 288 g/mol. The minimum absolute atomic E-state index is 0.0108. The van der Waals surface area contributed by atoms with Gasteiger partial charge in [-0.25, -0.2) is 9.78 Å². The van der Waals surface area contributed by atoms with Crippen LogP contribution < -0.4 is 10.5 Å². The van der Waals surface area contributed by atoms with Gasteiger partial charge in [0.1, 0.15) is 17.4 Å². The van der Waals surface area contributed by atoms with Crippen molar-refractivity contribution < 1.29 is 14.6 Å². The van der Waals surface area contributed by atoms with Crippen molar-refractivity contribution in [2.45, 2.75) is 32.8 Å². The van der Waals surface area contributed by atoms with Crippen LogP contribution in [0.3, 0.4) is 0 Å². The molecule has 3 N–H and O–H groups in total. The summed E-state index contributed by atoms with van der Waals surface area (Å²) >= 11 is 1.54. The lowest BCUT2D eigenvalue weighted by atomic mass is 9.93. The number of hydrogen-bond donors (Lipinski definition) is 2. The number of carbonyl (C=O) groups is 1. The number of benzene rings is 1. The van der Waals surface area contributed by atoms with Gasteiger partial charge in [0.15, 0.2) is 0 Å². The molecule has 5 nitrogen and oxygen atoms in total. The minimum Gasteiger partial charge on any atom is -0.484 e. The number of hydrogen-bond acceptors (Lipinski definition) is 5. The van der Waals surface area contributed by atoms with E-state index in [0.29, 0.717) is 18.0 Å². The molecule has 21 heavy (non-hydrogen) atoms. The third kappa shape index (κ3) is 3.72. The number of carboxylic acids is 1. The van der Waals surface area contributed by atoms with E-state index in [1.54, 1.807) is 6.07 Å². The summed E-state index contributed by atoms with van der Waals surface area (Å²) in [6.07, 6.45) is 0. The van der Waals surface area contributed by atoms with Gasteiger partial charge in [0, 0.05) is 10.8 Å². The molecule has 0 fully saturated rings. The van der Waals surface area contributed by atoms with Crippen LogP contribution in [-0.4, -0.2) is 16.1 Å². The van der Waals surface area contributed by atoms with Crippen molar-refractivity contribution >= 4 is 23.0 Å². The fourth-order valence-corrected chi connectivity index (χ4v) is 2.61. The Labute approximate surface area is 127 Å². The molecule has 0 saturated heterocycles. The van der Waals surface area contributed by atoms with E-state index in [4.69, 9.17) is 15.6 Å². The monoisotopic (exact) mass is 306 g/mol. The van der Waals surface area contributed by atoms with Crippen molar-refractivity contribution in [3.05, 3.63) is 39.8 Å². The van der Waals surface area contributed by atoms with Crippen LogP contribution in [0, 0.1) is 0 Å². The molecule has 0 unspecified atom stereocenters. The molecule has 2 aromatic rings. The molecule has 0 aliphatic heterocycles. The number of anilines is 1. The smallest absolute Gasteiger partial charge is 0.335 e. The number of aromatic carboxylic acids is 1. The highest BCUT2D eigenvalue weighted by atomic mass is 32.1. The molecule has 0 radical (unpaired) electrons. The van der Waals surface area contributed by atoms with Crippen molar-refractivity contribution in [2.24, 2.45) is 0 Å². The van der Waals surface area contributed by atoms with E-state index in [0.717, 1.165) is 10.7 Å². The second kappa shape index (κ2) is 5.73. The third-order valence-corrected chi connectivity index (χ3v) is 3.75. The summed E-state index contributed by atoms with van der Waals surface area (Å²) in [6.45, 7) is 6.64. The van der Waals surface area contributed by atoms with E-state index >= 15 is 0 Å². The van der Waals surface area contributed by atoms with Crippen molar-refractivity contribution in [1.82, 2.24) is 4.98 Å². The Balaban J connectivity index is 2.06. The molecule has 1 aromatic carbocycles. The van der Waals surface area contributed by atoms with Crippen LogP contribution in [0.2, 0.25) is 0 Å². The fourth-order valence-electron chi connectivity index (χ4n) is 1.67. The molecule has 0 saturated carbocycles. The standard InChI is InChI=1S/C15H18N2O3S/c1-15(2,3)12-8-21-13(17-12)7-20-11-5-4-9(14(18)19)6-10(11)16/h4-6,8H,7,16H2,1-3H3,(H,18,19). The predicted octanol–water partition coefficient (Wildman–Crippen LogP) is 3.30. The first-order valence-electron chi connectivity index (χ1n) is 6.48. The Hall–Kier alpha value is -2.08. The lowest BCUT2D eigenvalue weighted by Crippen LogP contribution is -2.11. The molecule has 112 valence electrons. The summed E-state index contributed by atoms with van der Waals surface area (Å²) in [5.74, 6) is -0.546. The number of thiazole rings is 1. The highest BCUT2D eigenvalue weighted by molar-refractivity contribution is 7.09. The van der Waals surface area contributed by atoms with Gasteiger partial charge < -0.3 is 15.6 Å². The van der Waals surface area contributed by atoms with Gasteiger partial charge in [-0.3, -0.25) is 0 Å². The summed E-state index contributed by atoms with van der Waals surface area (Å²) in [4.78, 5) is 15.4. The molecule has 0 bridgehead atoms. The zero-order chi connectivity index (χ0) is 15.6. The molecule has 0 aliphatic rings. The zero-order valence-electron chi connectivity index (χ0n) is 12.2. The topological polar surface area (TPSA) is 85.4 Å². The van der Waals surface area contributed by atoms with Crippen LogP contribution in [0.25, 0.3) is 0 Å². The van der Waals surface area contributed by atoms with Crippen LogP contribution >= 0.6 is 11.3 Å². The van der Waals surface area contributed by atoms with Gasteiger partial charge in [-0.15, -0.1) is 11.3 Å². The Morgan fingerprint density at radius 3 is 2.67 bits per heavy atom. The highest BCUT2D eigenvalue weighted by Gasteiger charge is 2.17. The van der Waals surface area contributed by atoms with E-state index in [2.05, 4.69) is 25.8 Å². The Bertz CT molecular complexity index is 659. The van der Waals surface area contributed by atoms with E-state index in [1.165, 1.54) is 23.5 Å². The van der Waals surface area contributed by atoms with Crippen LogP contribution in [0.5, 0.6) is 5.75 Å². The highest BCUT2D eigenvalue weighted by Crippen LogP contribution is 2.26. The number of aromatic nitrogens is 1. The normalized spacial score (nSPS) is 11.4. The average Bonchev–Trinajstić information content (AvgIpc) is 2.85. The van der Waals surface area contributed by atoms with Crippen molar-refractivity contribution in [3.8, 4) is 5.75 Å². The Kier molecular flexibility index (Phi) is 4.18. The van der Waals surface area contributed by atoms with Gasteiger partial charge >= 0.3 is 5.97 Å². The predicted molar refractivity (Wildman–Crippen MR) is 83.0 cm³/mol. The zero-order valence-corrected chi connectivity index (χ0v) is 13.0. The largest absolute Gasteiger partial charge is 0.484 e. The van der Waals surface area contributed by atoms with Crippen LogP contribution in [0.1, 0.15) is 41.8 Å².